The van der Waals surface area contributed by atoms with Crippen molar-refractivity contribution in [2.75, 3.05) is 26.8 Å². The van der Waals surface area contributed by atoms with Crippen LogP contribution in [0.4, 0.5) is 0 Å². The monoisotopic (exact) mass is 469 g/mol. The number of aryl methyl sites for hydroxylation is 1. The minimum absolute atomic E-state index is 0.0536. The van der Waals surface area contributed by atoms with Gasteiger partial charge in [0.15, 0.2) is 0 Å². The Morgan fingerprint density at radius 3 is 2.88 bits per heavy atom. The molecule has 184 valence electrons. The lowest BCUT2D eigenvalue weighted by atomic mass is 9.81. The highest BCUT2D eigenvalue weighted by Gasteiger charge is 2.39. The van der Waals surface area contributed by atoms with E-state index in [-0.39, 0.29) is 6.61 Å². The summed E-state index contributed by atoms with van der Waals surface area (Å²) in [6, 6.07) is 9.78. The Bertz CT molecular complexity index is 1040. The van der Waals surface area contributed by atoms with Gasteiger partial charge in [-0.1, -0.05) is 18.2 Å². The molecular weight excluding hydrogens is 434 g/mol. The SMILES string of the molecule is Cc1ccc([C@H](OC/C(N)=C/N(C)N)C(C)(C)C(=O)O)cc1CN1CCOc2cccnc2C1. The van der Waals surface area contributed by atoms with E-state index in [1.165, 1.54) is 5.01 Å². The topological polar surface area (TPSA) is 127 Å². The molecule has 0 saturated carbocycles. The van der Waals surface area contributed by atoms with Crippen molar-refractivity contribution in [3.05, 3.63) is 70.8 Å². The van der Waals surface area contributed by atoms with Crippen LogP contribution in [0.2, 0.25) is 0 Å². The lowest BCUT2D eigenvalue weighted by Crippen LogP contribution is -2.34. The molecule has 0 spiro atoms. The Morgan fingerprint density at radius 2 is 2.18 bits per heavy atom. The normalized spacial score (nSPS) is 15.7. The zero-order valence-corrected chi connectivity index (χ0v) is 20.3. The second kappa shape index (κ2) is 10.9. The maximum absolute atomic E-state index is 12.1. The molecule has 1 atom stereocenters. The van der Waals surface area contributed by atoms with Gasteiger partial charge in [0.25, 0.3) is 0 Å². The molecule has 0 amide bonds. The molecule has 0 bridgehead atoms. The number of hydrazine groups is 1. The van der Waals surface area contributed by atoms with Gasteiger partial charge in [0.1, 0.15) is 12.4 Å². The Morgan fingerprint density at radius 1 is 1.41 bits per heavy atom. The van der Waals surface area contributed by atoms with Gasteiger partial charge < -0.3 is 25.3 Å². The molecular formula is C25H35N5O4. The fourth-order valence-electron chi connectivity index (χ4n) is 3.96. The third-order valence-electron chi connectivity index (χ3n) is 5.95. The summed E-state index contributed by atoms with van der Waals surface area (Å²) < 4.78 is 11.9. The lowest BCUT2D eigenvalue weighted by Gasteiger charge is -2.32. The van der Waals surface area contributed by atoms with Crippen LogP contribution in [0.25, 0.3) is 0 Å². The number of carbonyl (C=O) groups is 1. The van der Waals surface area contributed by atoms with E-state index in [0.717, 1.165) is 34.7 Å². The minimum atomic E-state index is -1.18. The Balaban J connectivity index is 1.86. The molecule has 0 unspecified atom stereocenters. The number of fused-ring (bicyclic) bond motifs is 1. The highest BCUT2D eigenvalue weighted by atomic mass is 16.5. The molecule has 34 heavy (non-hydrogen) atoms. The van der Waals surface area contributed by atoms with Crippen molar-refractivity contribution in [2.24, 2.45) is 17.0 Å². The molecule has 1 aromatic heterocycles. The molecule has 0 radical (unpaired) electrons. The van der Waals surface area contributed by atoms with E-state index in [9.17, 15) is 9.90 Å². The predicted molar refractivity (Wildman–Crippen MR) is 129 cm³/mol. The molecule has 2 aromatic rings. The van der Waals surface area contributed by atoms with Crippen LogP contribution >= 0.6 is 0 Å². The van der Waals surface area contributed by atoms with Crippen LogP contribution in [0.5, 0.6) is 5.75 Å². The first kappa shape index (κ1) is 25.5. The minimum Gasteiger partial charge on any atom is -0.490 e. The first-order chi connectivity index (χ1) is 16.1. The van der Waals surface area contributed by atoms with Gasteiger partial charge in [0.2, 0.25) is 0 Å². The lowest BCUT2D eigenvalue weighted by molar-refractivity contribution is -0.156. The molecule has 0 aliphatic carbocycles. The van der Waals surface area contributed by atoms with Crippen molar-refractivity contribution in [1.82, 2.24) is 14.9 Å². The molecule has 9 nitrogen and oxygen atoms in total. The number of pyridine rings is 1. The van der Waals surface area contributed by atoms with Crippen LogP contribution in [0.15, 0.2) is 48.4 Å². The largest absolute Gasteiger partial charge is 0.490 e. The van der Waals surface area contributed by atoms with Crippen molar-refractivity contribution in [3.63, 3.8) is 0 Å². The van der Waals surface area contributed by atoms with Crippen LogP contribution in [-0.4, -0.2) is 52.8 Å². The Labute approximate surface area is 200 Å². The van der Waals surface area contributed by atoms with Crippen LogP contribution in [0.1, 0.15) is 42.3 Å². The van der Waals surface area contributed by atoms with Crippen molar-refractivity contribution in [3.8, 4) is 5.75 Å². The number of carboxylic acid groups (broad SMARTS) is 1. The zero-order chi connectivity index (χ0) is 24.9. The predicted octanol–water partition coefficient (Wildman–Crippen LogP) is 2.56. The standard InChI is InChI=1S/C25H35N5O4/c1-17-7-8-18(23(25(2,3)24(31)32)34-16-20(26)14-29(4)27)12-19(17)13-30-10-11-33-22-6-5-9-28-21(22)15-30/h5-9,12,14,23H,10-11,13,15-16,26-27H2,1-4H3,(H,31,32)/b20-14-/t23-/m0/s1. The Hall–Kier alpha value is -3.14. The van der Waals surface area contributed by atoms with E-state index >= 15 is 0 Å². The number of rotatable bonds is 9. The van der Waals surface area contributed by atoms with E-state index in [1.54, 1.807) is 33.3 Å². The van der Waals surface area contributed by atoms with Gasteiger partial charge in [-0.3, -0.25) is 14.7 Å². The molecule has 2 heterocycles. The number of benzene rings is 1. The van der Waals surface area contributed by atoms with Gasteiger partial charge in [-0.25, -0.2) is 5.84 Å². The second-order valence-electron chi connectivity index (χ2n) is 9.28. The first-order valence-corrected chi connectivity index (χ1v) is 11.2. The maximum atomic E-state index is 12.1. The van der Waals surface area contributed by atoms with Crippen molar-refractivity contribution >= 4 is 5.97 Å². The van der Waals surface area contributed by atoms with Gasteiger partial charge >= 0.3 is 5.97 Å². The number of nitrogens with two attached hydrogens (primary N) is 2. The number of nitrogens with zero attached hydrogens (tertiary/aromatic N) is 3. The molecule has 1 aromatic carbocycles. The summed E-state index contributed by atoms with van der Waals surface area (Å²) in [7, 11) is 1.65. The summed E-state index contributed by atoms with van der Waals surface area (Å²) in [5.41, 5.74) is 9.12. The number of hydrogen-bond donors (Lipinski definition) is 3. The molecule has 5 N–H and O–H groups in total. The van der Waals surface area contributed by atoms with Crippen LogP contribution in [0, 0.1) is 12.3 Å². The maximum Gasteiger partial charge on any atom is 0.312 e. The van der Waals surface area contributed by atoms with Crippen molar-refractivity contribution < 1.29 is 19.4 Å². The number of aliphatic carboxylic acids is 1. The summed E-state index contributed by atoms with van der Waals surface area (Å²) in [6.07, 6.45) is 2.60. The van der Waals surface area contributed by atoms with Crippen LogP contribution in [-0.2, 0) is 22.6 Å². The van der Waals surface area contributed by atoms with Gasteiger partial charge in [0, 0.05) is 39.1 Å². The highest BCUT2D eigenvalue weighted by Crippen LogP contribution is 2.38. The number of aromatic nitrogens is 1. The summed E-state index contributed by atoms with van der Waals surface area (Å²) in [5, 5.41) is 11.2. The summed E-state index contributed by atoms with van der Waals surface area (Å²) in [6.45, 7) is 8.11. The zero-order valence-electron chi connectivity index (χ0n) is 20.3. The van der Waals surface area contributed by atoms with E-state index in [2.05, 4.69) is 16.8 Å². The van der Waals surface area contributed by atoms with E-state index in [1.807, 2.05) is 30.3 Å². The van der Waals surface area contributed by atoms with Gasteiger partial charge in [-0.15, -0.1) is 0 Å². The number of ether oxygens (including phenoxy) is 2. The quantitative estimate of drug-likeness (QED) is 0.375. The smallest absolute Gasteiger partial charge is 0.312 e. The van der Waals surface area contributed by atoms with Gasteiger partial charge in [0.05, 0.1) is 29.5 Å². The fraction of sp³-hybridized carbons (Fsp3) is 0.440. The average Bonchev–Trinajstić information content (AvgIpc) is 2.97. The molecule has 3 rings (SSSR count). The van der Waals surface area contributed by atoms with Crippen molar-refractivity contribution in [2.45, 2.75) is 40.0 Å². The van der Waals surface area contributed by atoms with Crippen LogP contribution < -0.4 is 16.3 Å². The highest BCUT2D eigenvalue weighted by molar-refractivity contribution is 5.74. The third-order valence-corrected chi connectivity index (χ3v) is 5.95. The molecule has 9 heteroatoms. The fourth-order valence-corrected chi connectivity index (χ4v) is 3.96. The van der Waals surface area contributed by atoms with Crippen LogP contribution in [0.3, 0.4) is 0 Å². The second-order valence-corrected chi connectivity index (χ2v) is 9.28. The molecule has 1 aliphatic rings. The summed E-state index contributed by atoms with van der Waals surface area (Å²) >= 11 is 0. The number of carboxylic acids is 1. The van der Waals surface area contributed by atoms with E-state index < -0.39 is 17.5 Å². The summed E-state index contributed by atoms with van der Waals surface area (Å²) in [4.78, 5) is 18.8. The average molecular weight is 470 g/mol. The van der Waals surface area contributed by atoms with E-state index in [0.29, 0.717) is 25.4 Å². The van der Waals surface area contributed by atoms with Crippen molar-refractivity contribution in [1.29, 1.82) is 0 Å². The molecule has 0 fully saturated rings. The van der Waals surface area contributed by atoms with Gasteiger partial charge in [-0.05, 0) is 49.6 Å². The van der Waals surface area contributed by atoms with Gasteiger partial charge in [-0.2, -0.15) is 0 Å². The van der Waals surface area contributed by atoms with E-state index in [4.69, 9.17) is 21.1 Å². The molecule has 1 aliphatic heterocycles. The number of hydrogen-bond acceptors (Lipinski definition) is 8. The summed E-state index contributed by atoms with van der Waals surface area (Å²) in [5.74, 6) is 5.49. The molecule has 0 saturated heterocycles. The third kappa shape index (κ3) is 6.25. The first-order valence-electron chi connectivity index (χ1n) is 11.2. The Kier molecular flexibility index (Phi) is 8.14.